The second-order valence-electron chi connectivity index (χ2n) is 7.56. The van der Waals surface area contributed by atoms with Crippen molar-refractivity contribution in [3.8, 4) is 17.2 Å². The molecule has 0 aliphatic heterocycles. The fraction of sp³-hybridized carbons (Fsp3) is 0.0370. The second-order valence-corrected chi connectivity index (χ2v) is 7.56. The van der Waals surface area contributed by atoms with Crippen LogP contribution in [0.2, 0.25) is 0 Å². The Labute approximate surface area is 195 Å². The van der Waals surface area contributed by atoms with Gasteiger partial charge in [-0.15, -0.1) is 0 Å². The summed E-state index contributed by atoms with van der Waals surface area (Å²) in [4.78, 5) is 36.5. The maximum atomic E-state index is 12.7. The van der Waals surface area contributed by atoms with Crippen molar-refractivity contribution in [2.75, 3.05) is 10.6 Å². The number of rotatable bonds is 6. The van der Waals surface area contributed by atoms with Gasteiger partial charge in [0.05, 0.1) is 29.4 Å². The van der Waals surface area contributed by atoms with Crippen LogP contribution in [0, 0.1) is 11.3 Å². The third-order valence-electron chi connectivity index (χ3n) is 5.27. The number of amides is 2. The van der Waals surface area contributed by atoms with Crippen molar-refractivity contribution in [1.82, 2.24) is 0 Å². The van der Waals surface area contributed by atoms with Gasteiger partial charge in [-0.05, 0) is 46.2 Å². The van der Waals surface area contributed by atoms with E-state index in [2.05, 4.69) is 10.6 Å². The van der Waals surface area contributed by atoms with Crippen LogP contribution in [-0.2, 0) is 4.79 Å². The Morgan fingerprint density at radius 3 is 2.38 bits per heavy atom. The molecule has 0 heterocycles. The number of nitrogens with one attached hydrogen (secondary N) is 2. The van der Waals surface area contributed by atoms with E-state index >= 15 is 0 Å². The molecule has 0 spiro atoms. The van der Waals surface area contributed by atoms with Crippen LogP contribution in [0.1, 0.15) is 22.3 Å². The predicted molar refractivity (Wildman–Crippen MR) is 130 cm³/mol. The maximum Gasteiger partial charge on any atom is 0.409 e. The smallest absolute Gasteiger partial charge is 0.409 e. The van der Waals surface area contributed by atoms with E-state index in [1.807, 2.05) is 48.5 Å². The lowest BCUT2D eigenvalue weighted by Gasteiger charge is -2.14. The van der Waals surface area contributed by atoms with E-state index in [-0.39, 0.29) is 16.9 Å². The highest BCUT2D eigenvalue weighted by molar-refractivity contribution is 6.12. The van der Waals surface area contributed by atoms with Gasteiger partial charge in [-0.2, -0.15) is 5.26 Å². The molecule has 3 N–H and O–H groups in total. The normalized spacial score (nSPS) is 10.3. The largest absolute Gasteiger partial charge is 0.465 e. The number of hydrogen-bond donors (Lipinski definition) is 3. The highest BCUT2D eigenvalue weighted by Gasteiger charge is 2.16. The van der Waals surface area contributed by atoms with Gasteiger partial charge < -0.3 is 10.4 Å². The van der Waals surface area contributed by atoms with Crippen LogP contribution in [0.15, 0.2) is 84.9 Å². The first-order valence-electron chi connectivity index (χ1n) is 10.4. The number of hydrogen-bond acceptors (Lipinski definition) is 4. The summed E-state index contributed by atoms with van der Waals surface area (Å²) >= 11 is 0. The zero-order valence-corrected chi connectivity index (χ0v) is 17.9. The Bertz CT molecular complexity index is 1470. The molecule has 4 rings (SSSR count). The van der Waals surface area contributed by atoms with Crippen LogP contribution in [-0.4, -0.2) is 22.9 Å². The van der Waals surface area contributed by atoms with Crippen LogP contribution in [0.4, 0.5) is 16.2 Å². The Balaban J connectivity index is 1.64. The molecule has 0 aromatic heterocycles. The van der Waals surface area contributed by atoms with Crippen LogP contribution >= 0.6 is 0 Å². The Hall–Kier alpha value is -4.96. The van der Waals surface area contributed by atoms with Crippen molar-refractivity contribution >= 4 is 39.9 Å². The monoisotopic (exact) mass is 449 g/mol. The molecule has 0 aliphatic carbocycles. The molecule has 4 aromatic rings. The SMILES string of the molecule is N#Cc1cccc(C(=O)CC(=O)Nc2cc(-c3cccc4ccccc34)ccc2NC(=O)O)c1. The number of carbonyl (C=O) groups is 3. The zero-order valence-electron chi connectivity index (χ0n) is 17.9. The topological polar surface area (TPSA) is 119 Å². The van der Waals surface area contributed by atoms with Gasteiger partial charge in [-0.3, -0.25) is 14.9 Å². The van der Waals surface area contributed by atoms with Gasteiger partial charge in [0.25, 0.3) is 0 Å². The Kier molecular flexibility index (Phi) is 6.33. The fourth-order valence-electron chi connectivity index (χ4n) is 3.72. The summed E-state index contributed by atoms with van der Waals surface area (Å²) in [6.45, 7) is 0. The summed E-state index contributed by atoms with van der Waals surface area (Å²) in [5, 5.41) is 25.2. The summed E-state index contributed by atoms with van der Waals surface area (Å²) in [5.74, 6) is -1.05. The average molecular weight is 449 g/mol. The van der Waals surface area contributed by atoms with Crippen LogP contribution in [0.25, 0.3) is 21.9 Å². The second kappa shape index (κ2) is 9.67. The zero-order chi connectivity index (χ0) is 24.1. The molecule has 7 heteroatoms. The van der Waals surface area contributed by atoms with E-state index in [1.165, 1.54) is 12.1 Å². The molecule has 7 nitrogen and oxygen atoms in total. The minimum Gasteiger partial charge on any atom is -0.465 e. The van der Waals surface area contributed by atoms with E-state index < -0.39 is 24.2 Å². The van der Waals surface area contributed by atoms with Gasteiger partial charge in [-0.25, -0.2) is 4.79 Å². The molecule has 0 bridgehead atoms. The third kappa shape index (κ3) is 4.92. The Morgan fingerprint density at radius 2 is 1.59 bits per heavy atom. The van der Waals surface area contributed by atoms with Crippen molar-refractivity contribution in [3.05, 3.63) is 96.1 Å². The van der Waals surface area contributed by atoms with Crippen molar-refractivity contribution in [3.63, 3.8) is 0 Å². The lowest BCUT2D eigenvalue weighted by molar-refractivity contribution is -0.115. The van der Waals surface area contributed by atoms with Crippen molar-refractivity contribution in [1.29, 1.82) is 5.26 Å². The molecule has 0 aliphatic rings. The molecular formula is C27H19N3O4. The number of ketones is 1. The van der Waals surface area contributed by atoms with E-state index in [9.17, 15) is 19.5 Å². The Morgan fingerprint density at radius 1 is 0.824 bits per heavy atom. The van der Waals surface area contributed by atoms with Crippen molar-refractivity contribution in [2.45, 2.75) is 6.42 Å². The van der Waals surface area contributed by atoms with Crippen LogP contribution in [0.5, 0.6) is 0 Å². The van der Waals surface area contributed by atoms with Gasteiger partial charge >= 0.3 is 6.09 Å². The molecule has 0 unspecified atom stereocenters. The van der Waals surface area contributed by atoms with E-state index in [0.29, 0.717) is 5.56 Å². The number of benzene rings is 4. The third-order valence-corrected chi connectivity index (χ3v) is 5.27. The average Bonchev–Trinajstić information content (AvgIpc) is 2.84. The van der Waals surface area contributed by atoms with Crippen LogP contribution in [0.3, 0.4) is 0 Å². The molecule has 4 aromatic carbocycles. The number of fused-ring (bicyclic) bond motifs is 1. The standard InChI is InChI=1S/C27H19N3O4/c28-16-17-5-3-8-20(13-17)25(31)15-26(32)29-24-14-19(11-12-23(24)30-27(33)34)22-10-4-7-18-6-1-2-9-21(18)22/h1-14,30H,15H2,(H,29,32)(H,33,34). The van der Waals surface area contributed by atoms with Gasteiger partial charge in [0.2, 0.25) is 5.91 Å². The minimum absolute atomic E-state index is 0.184. The quantitative estimate of drug-likeness (QED) is 0.258. The van der Waals surface area contributed by atoms with Gasteiger partial charge in [0, 0.05) is 5.56 Å². The first kappa shape index (κ1) is 22.2. The number of carboxylic acid groups (broad SMARTS) is 1. The highest BCUT2D eigenvalue weighted by atomic mass is 16.4. The number of Topliss-reactive ketones (excluding diaryl/α,β-unsaturated/α-hetero) is 1. The first-order valence-corrected chi connectivity index (χ1v) is 10.4. The van der Waals surface area contributed by atoms with Crippen molar-refractivity contribution in [2.24, 2.45) is 0 Å². The predicted octanol–water partition coefficient (Wildman–Crippen LogP) is 5.68. The molecule has 0 saturated heterocycles. The van der Waals surface area contributed by atoms with E-state index in [1.54, 1.807) is 30.3 Å². The molecule has 0 radical (unpaired) electrons. The lowest BCUT2D eigenvalue weighted by atomic mass is 9.97. The lowest BCUT2D eigenvalue weighted by Crippen LogP contribution is -2.18. The van der Waals surface area contributed by atoms with E-state index in [4.69, 9.17) is 5.26 Å². The summed E-state index contributed by atoms with van der Waals surface area (Å²) in [6, 6.07) is 26.8. The maximum absolute atomic E-state index is 12.7. The van der Waals surface area contributed by atoms with Crippen molar-refractivity contribution < 1.29 is 19.5 Å². The van der Waals surface area contributed by atoms with Gasteiger partial charge in [0.15, 0.2) is 5.78 Å². The summed E-state index contributed by atoms with van der Waals surface area (Å²) in [7, 11) is 0. The highest BCUT2D eigenvalue weighted by Crippen LogP contribution is 2.33. The number of anilines is 2. The molecule has 166 valence electrons. The summed E-state index contributed by atoms with van der Waals surface area (Å²) in [5.41, 5.74) is 2.68. The number of nitriles is 1. The van der Waals surface area contributed by atoms with E-state index in [0.717, 1.165) is 21.9 Å². The van der Waals surface area contributed by atoms with Crippen LogP contribution < -0.4 is 10.6 Å². The number of carbonyl (C=O) groups excluding carboxylic acids is 2. The molecule has 2 amide bonds. The van der Waals surface area contributed by atoms with Gasteiger partial charge in [0.1, 0.15) is 0 Å². The molecule has 0 fully saturated rings. The molecular weight excluding hydrogens is 430 g/mol. The minimum atomic E-state index is -1.28. The summed E-state index contributed by atoms with van der Waals surface area (Å²) < 4.78 is 0. The first-order chi connectivity index (χ1) is 16.4. The van der Waals surface area contributed by atoms with Gasteiger partial charge in [-0.1, -0.05) is 60.7 Å². The number of nitrogens with zero attached hydrogens (tertiary/aromatic N) is 1. The fourth-order valence-corrected chi connectivity index (χ4v) is 3.72. The summed E-state index contributed by atoms with van der Waals surface area (Å²) in [6.07, 6.45) is -1.74. The molecule has 0 saturated carbocycles. The molecule has 0 atom stereocenters. The molecule has 34 heavy (non-hydrogen) atoms.